The average molecular weight is 229 g/mol. The minimum absolute atomic E-state index is 0.117. The molecule has 0 aliphatic carbocycles. The molecule has 2 N–H and O–H groups in total. The van der Waals surface area contributed by atoms with Crippen LogP contribution in [-0.4, -0.2) is 32.4 Å². The van der Waals surface area contributed by atoms with E-state index in [2.05, 4.69) is 0 Å². The summed E-state index contributed by atoms with van der Waals surface area (Å²) >= 11 is 0. The van der Waals surface area contributed by atoms with Crippen LogP contribution in [0, 0.1) is 11.8 Å². The molecule has 1 saturated heterocycles. The summed E-state index contributed by atoms with van der Waals surface area (Å²) in [7, 11) is 0. The number of hydrogen-bond donors (Lipinski definition) is 2. The smallest absolute Gasteiger partial charge is 0.306 e. The summed E-state index contributed by atoms with van der Waals surface area (Å²) in [5.74, 6) is -0.985. The Kier molecular flexibility index (Phi) is 3.37. The maximum absolute atomic E-state index is 11.0. The zero-order valence-corrected chi connectivity index (χ0v) is 10.8. The highest BCUT2D eigenvalue weighted by Crippen LogP contribution is 2.42. The second-order valence-corrected chi connectivity index (χ2v) is 6.23. The Morgan fingerprint density at radius 2 is 1.62 bits per heavy atom. The van der Waals surface area contributed by atoms with Crippen molar-refractivity contribution in [3.8, 4) is 0 Å². The fourth-order valence-corrected chi connectivity index (χ4v) is 2.90. The maximum Gasteiger partial charge on any atom is 0.306 e. The minimum atomic E-state index is -0.747. The standard InChI is InChI=1S/C12H23NO3/c1-8(10(14)15)9-6-11(2,3)13(16)12(4,5)7-9/h8-9,16H,6-7H2,1-5H3,(H,14,15). The highest BCUT2D eigenvalue weighted by Gasteiger charge is 2.47. The first kappa shape index (κ1) is 13.5. The molecule has 16 heavy (non-hydrogen) atoms. The van der Waals surface area contributed by atoms with Gasteiger partial charge < -0.3 is 10.3 Å². The maximum atomic E-state index is 11.0. The summed E-state index contributed by atoms with van der Waals surface area (Å²) < 4.78 is 0. The molecule has 1 atom stereocenters. The van der Waals surface area contributed by atoms with Crippen molar-refractivity contribution >= 4 is 5.97 Å². The van der Waals surface area contributed by atoms with Gasteiger partial charge in [0.25, 0.3) is 0 Å². The van der Waals surface area contributed by atoms with Crippen molar-refractivity contribution in [1.82, 2.24) is 5.06 Å². The summed E-state index contributed by atoms with van der Waals surface area (Å²) in [6.07, 6.45) is 1.42. The van der Waals surface area contributed by atoms with E-state index in [9.17, 15) is 10.0 Å². The van der Waals surface area contributed by atoms with E-state index in [1.54, 1.807) is 6.92 Å². The van der Waals surface area contributed by atoms with Gasteiger partial charge in [0.2, 0.25) is 0 Å². The van der Waals surface area contributed by atoms with Gasteiger partial charge in [-0.05, 0) is 46.5 Å². The molecule has 1 fully saturated rings. The molecule has 0 saturated carbocycles. The van der Waals surface area contributed by atoms with Crippen molar-refractivity contribution in [1.29, 1.82) is 0 Å². The number of nitrogens with zero attached hydrogens (tertiary/aromatic N) is 1. The highest BCUT2D eigenvalue weighted by atomic mass is 16.5. The Morgan fingerprint density at radius 1 is 1.25 bits per heavy atom. The second kappa shape index (κ2) is 4.00. The van der Waals surface area contributed by atoms with Gasteiger partial charge in [0.1, 0.15) is 0 Å². The van der Waals surface area contributed by atoms with E-state index in [1.165, 1.54) is 5.06 Å². The first-order valence-corrected chi connectivity index (χ1v) is 5.80. The quantitative estimate of drug-likeness (QED) is 0.763. The van der Waals surface area contributed by atoms with Crippen LogP contribution in [-0.2, 0) is 4.79 Å². The molecule has 1 unspecified atom stereocenters. The molecule has 1 rings (SSSR count). The number of carboxylic acid groups (broad SMARTS) is 1. The molecule has 0 spiro atoms. The van der Waals surface area contributed by atoms with E-state index >= 15 is 0 Å². The summed E-state index contributed by atoms with van der Waals surface area (Å²) in [4.78, 5) is 11.0. The third kappa shape index (κ3) is 2.38. The third-order valence-electron chi connectivity index (χ3n) is 3.77. The lowest BCUT2D eigenvalue weighted by Crippen LogP contribution is -2.59. The van der Waals surface area contributed by atoms with Gasteiger partial charge in [-0.1, -0.05) is 6.92 Å². The number of carboxylic acids is 1. The number of rotatable bonds is 2. The first-order chi connectivity index (χ1) is 7.08. The highest BCUT2D eigenvalue weighted by molar-refractivity contribution is 5.69. The number of hydrogen-bond acceptors (Lipinski definition) is 3. The van der Waals surface area contributed by atoms with Crippen molar-refractivity contribution in [3.05, 3.63) is 0 Å². The molecular weight excluding hydrogens is 206 g/mol. The van der Waals surface area contributed by atoms with E-state index < -0.39 is 5.97 Å². The van der Waals surface area contributed by atoms with E-state index in [1.807, 2.05) is 27.7 Å². The Balaban J connectivity index is 2.91. The van der Waals surface area contributed by atoms with Gasteiger partial charge in [-0.2, -0.15) is 5.06 Å². The van der Waals surface area contributed by atoms with Gasteiger partial charge in [-0.25, -0.2) is 0 Å². The topological polar surface area (TPSA) is 60.8 Å². The average Bonchev–Trinajstić information content (AvgIpc) is 2.11. The molecule has 0 aromatic heterocycles. The van der Waals surface area contributed by atoms with Crippen LogP contribution in [0.25, 0.3) is 0 Å². The Hall–Kier alpha value is -0.610. The normalized spacial score (nSPS) is 27.6. The SMILES string of the molecule is CC(C(=O)O)C1CC(C)(C)N(O)C(C)(C)C1. The number of aliphatic carboxylic acids is 1. The summed E-state index contributed by atoms with van der Waals surface area (Å²) in [6.45, 7) is 9.57. The van der Waals surface area contributed by atoms with Gasteiger partial charge in [0.15, 0.2) is 0 Å². The molecule has 0 aromatic rings. The van der Waals surface area contributed by atoms with Crippen LogP contribution in [0.3, 0.4) is 0 Å². The Labute approximate surface area is 97.2 Å². The van der Waals surface area contributed by atoms with Crippen LogP contribution in [0.15, 0.2) is 0 Å². The predicted octanol–water partition coefficient (Wildman–Crippen LogP) is 2.37. The molecule has 0 bridgehead atoms. The summed E-state index contributed by atoms with van der Waals surface area (Å²) in [6, 6.07) is 0. The molecule has 0 aromatic carbocycles. The molecule has 94 valence electrons. The fraction of sp³-hybridized carbons (Fsp3) is 0.917. The van der Waals surface area contributed by atoms with Crippen LogP contribution in [0.4, 0.5) is 0 Å². The van der Waals surface area contributed by atoms with Crippen LogP contribution in [0.2, 0.25) is 0 Å². The van der Waals surface area contributed by atoms with E-state index in [-0.39, 0.29) is 22.9 Å². The number of carbonyl (C=O) groups is 1. The van der Waals surface area contributed by atoms with Gasteiger partial charge in [-0.3, -0.25) is 4.79 Å². The van der Waals surface area contributed by atoms with Crippen LogP contribution < -0.4 is 0 Å². The van der Waals surface area contributed by atoms with Crippen molar-refractivity contribution < 1.29 is 15.1 Å². The monoisotopic (exact) mass is 229 g/mol. The molecule has 1 heterocycles. The molecular formula is C12H23NO3. The lowest BCUT2D eigenvalue weighted by atomic mass is 9.71. The largest absolute Gasteiger partial charge is 0.481 e. The van der Waals surface area contributed by atoms with Crippen LogP contribution >= 0.6 is 0 Å². The number of piperidine rings is 1. The lowest BCUT2D eigenvalue weighted by Gasteiger charge is -2.52. The van der Waals surface area contributed by atoms with Crippen molar-refractivity contribution in [2.45, 2.75) is 58.5 Å². The van der Waals surface area contributed by atoms with Gasteiger partial charge >= 0.3 is 5.97 Å². The molecule has 1 aliphatic rings. The lowest BCUT2D eigenvalue weighted by molar-refractivity contribution is -0.253. The van der Waals surface area contributed by atoms with Crippen LogP contribution in [0.5, 0.6) is 0 Å². The summed E-state index contributed by atoms with van der Waals surface area (Å²) in [5.41, 5.74) is -0.730. The number of hydroxylamine groups is 2. The van der Waals surface area contributed by atoms with Crippen molar-refractivity contribution in [2.24, 2.45) is 11.8 Å². The van der Waals surface area contributed by atoms with Crippen molar-refractivity contribution in [2.75, 3.05) is 0 Å². The van der Waals surface area contributed by atoms with E-state index in [0.29, 0.717) is 12.8 Å². The minimum Gasteiger partial charge on any atom is -0.481 e. The third-order valence-corrected chi connectivity index (χ3v) is 3.77. The molecule has 0 radical (unpaired) electrons. The van der Waals surface area contributed by atoms with Gasteiger partial charge in [0.05, 0.1) is 5.92 Å². The van der Waals surface area contributed by atoms with Crippen LogP contribution in [0.1, 0.15) is 47.5 Å². The molecule has 4 heteroatoms. The zero-order chi connectivity index (χ0) is 12.7. The second-order valence-electron chi connectivity index (χ2n) is 6.23. The Morgan fingerprint density at radius 3 is 1.94 bits per heavy atom. The zero-order valence-electron chi connectivity index (χ0n) is 10.8. The van der Waals surface area contributed by atoms with Gasteiger partial charge in [0, 0.05) is 11.1 Å². The Bertz CT molecular complexity index is 268. The molecule has 4 nitrogen and oxygen atoms in total. The first-order valence-electron chi connectivity index (χ1n) is 5.80. The summed E-state index contributed by atoms with van der Waals surface area (Å²) in [5, 5.41) is 20.5. The fourth-order valence-electron chi connectivity index (χ4n) is 2.90. The molecule has 0 amide bonds. The predicted molar refractivity (Wildman–Crippen MR) is 61.3 cm³/mol. The van der Waals surface area contributed by atoms with Gasteiger partial charge in [-0.15, -0.1) is 0 Å². The van der Waals surface area contributed by atoms with E-state index in [4.69, 9.17) is 5.11 Å². The molecule has 1 aliphatic heterocycles. The van der Waals surface area contributed by atoms with Crippen molar-refractivity contribution in [3.63, 3.8) is 0 Å². The van der Waals surface area contributed by atoms with E-state index in [0.717, 1.165) is 0 Å².